The third-order valence-electron chi connectivity index (χ3n) is 5.57. The van der Waals surface area contributed by atoms with E-state index in [2.05, 4.69) is 46.9 Å². The summed E-state index contributed by atoms with van der Waals surface area (Å²) in [6.45, 7) is 16.0. The van der Waals surface area contributed by atoms with Crippen molar-refractivity contribution >= 4 is 0 Å². The molecule has 1 N–H and O–H groups in total. The van der Waals surface area contributed by atoms with E-state index in [0.717, 1.165) is 23.8 Å². The lowest BCUT2D eigenvalue weighted by Crippen LogP contribution is -2.44. The minimum atomic E-state index is 0.539. The lowest BCUT2D eigenvalue weighted by molar-refractivity contribution is 0.00618. The van der Waals surface area contributed by atoms with Gasteiger partial charge in [-0.15, -0.1) is 0 Å². The molecule has 2 rings (SSSR count). The first kappa shape index (κ1) is 15.4. The average molecular weight is 265 g/mol. The number of rotatable bonds is 3. The Hall–Kier alpha value is -0.0400. The topological polar surface area (TPSA) is 12.0 Å². The molecule has 2 unspecified atom stereocenters. The molecule has 1 saturated carbocycles. The van der Waals surface area contributed by atoms with Crippen molar-refractivity contribution in [1.82, 2.24) is 5.32 Å². The lowest BCUT2D eigenvalue weighted by atomic mass is 9.55. The summed E-state index contributed by atoms with van der Waals surface area (Å²) < 4.78 is 0. The molecule has 0 aromatic carbocycles. The van der Waals surface area contributed by atoms with Gasteiger partial charge < -0.3 is 5.32 Å². The normalized spacial score (nSPS) is 42.8. The summed E-state index contributed by atoms with van der Waals surface area (Å²) in [6, 6.07) is 0.770. The maximum atomic E-state index is 3.80. The first-order chi connectivity index (χ1) is 8.72. The van der Waals surface area contributed by atoms with Crippen LogP contribution in [-0.4, -0.2) is 12.6 Å². The Labute approximate surface area is 120 Å². The molecule has 1 nitrogen and oxygen atoms in total. The molecule has 0 radical (unpaired) electrons. The second kappa shape index (κ2) is 5.39. The molecule has 112 valence electrons. The third-order valence-corrected chi connectivity index (χ3v) is 5.57. The Bertz CT molecular complexity index is 307. The zero-order valence-corrected chi connectivity index (χ0v) is 14.1. The Balaban J connectivity index is 2.13. The van der Waals surface area contributed by atoms with Crippen LogP contribution in [0.15, 0.2) is 0 Å². The van der Waals surface area contributed by atoms with Crippen LogP contribution >= 0.6 is 0 Å². The molecule has 1 heterocycles. The van der Waals surface area contributed by atoms with Crippen LogP contribution in [0.4, 0.5) is 0 Å². The van der Waals surface area contributed by atoms with Crippen LogP contribution in [0.2, 0.25) is 0 Å². The third kappa shape index (κ3) is 3.54. The van der Waals surface area contributed by atoms with Crippen LogP contribution in [-0.2, 0) is 0 Å². The Morgan fingerprint density at radius 1 is 1.16 bits per heavy atom. The van der Waals surface area contributed by atoms with Gasteiger partial charge in [-0.3, -0.25) is 0 Å². The Morgan fingerprint density at radius 2 is 1.84 bits per heavy atom. The summed E-state index contributed by atoms with van der Waals surface area (Å²) in [5.41, 5.74) is 1.10. The van der Waals surface area contributed by atoms with Crippen molar-refractivity contribution in [2.75, 3.05) is 6.54 Å². The summed E-state index contributed by atoms with van der Waals surface area (Å²) >= 11 is 0. The largest absolute Gasteiger partial charge is 0.314 e. The van der Waals surface area contributed by atoms with Crippen LogP contribution in [0.25, 0.3) is 0 Å². The minimum Gasteiger partial charge on any atom is -0.314 e. The smallest absolute Gasteiger partial charge is 0.0103 e. The van der Waals surface area contributed by atoms with E-state index in [4.69, 9.17) is 0 Å². The van der Waals surface area contributed by atoms with E-state index < -0.39 is 0 Å². The fourth-order valence-electron chi connectivity index (χ4n) is 5.69. The number of nitrogens with one attached hydrogen (secondary N) is 1. The minimum absolute atomic E-state index is 0.539. The van der Waals surface area contributed by atoms with Crippen molar-refractivity contribution in [2.45, 2.75) is 79.7 Å². The van der Waals surface area contributed by atoms with Gasteiger partial charge in [0.2, 0.25) is 0 Å². The maximum Gasteiger partial charge on any atom is 0.0103 e. The van der Waals surface area contributed by atoms with E-state index in [0.29, 0.717) is 10.8 Å². The molecule has 1 heteroatoms. The van der Waals surface area contributed by atoms with Gasteiger partial charge in [-0.25, -0.2) is 0 Å². The number of hydrogen-bond acceptors (Lipinski definition) is 1. The maximum absolute atomic E-state index is 3.80. The zero-order chi connectivity index (χ0) is 14.3. The highest BCUT2D eigenvalue weighted by molar-refractivity contribution is 5.00. The SMILES string of the molecule is CC(C)C[C@H]1NCC[C@H]1C1(C)CC(C)CC(C)(C)C1. The molecule has 2 aliphatic rings. The molecule has 0 amide bonds. The van der Waals surface area contributed by atoms with E-state index in [1.54, 1.807) is 0 Å². The van der Waals surface area contributed by atoms with Gasteiger partial charge in [0.25, 0.3) is 0 Å². The Kier molecular flexibility index (Phi) is 4.35. The van der Waals surface area contributed by atoms with Crippen molar-refractivity contribution in [1.29, 1.82) is 0 Å². The molecule has 1 aliphatic heterocycles. The first-order valence-corrected chi connectivity index (χ1v) is 8.45. The van der Waals surface area contributed by atoms with Crippen molar-refractivity contribution < 1.29 is 0 Å². The number of hydrogen-bond donors (Lipinski definition) is 1. The van der Waals surface area contributed by atoms with Gasteiger partial charge >= 0.3 is 0 Å². The molecule has 19 heavy (non-hydrogen) atoms. The highest BCUT2D eigenvalue weighted by atomic mass is 15.0. The zero-order valence-electron chi connectivity index (χ0n) is 14.1. The molecule has 1 aliphatic carbocycles. The van der Waals surface area contributed by atoms with Gasteiger partial charge in [-0.2, -0.15) is 0 Å². The lowest BCUT2D eigenvalue weighted by Gasteiger charge is -2.50. The summed E-state index contributed by atoms with van der Waals surface area (Å²) in [4.78, 5) is 0. The molecular formula is C18H35N. The van der Waals surface area contributed by atoms with Crippen LogP contribution in [0.5, 0.6) is 0 Å². The molecule has 0 aromatic heterocycles. The molecule has 0 spiro atoms. The molecule has 0 bridgehead atoms. The molecule has 0 aromatic rings. The highest BCUT2D eigenvalue weighted by Gasteiger charge is 2.47. The van der Waals surface area contributed by atoms with Crippen molar-refractivity contribution in [3.8, 4) is 0 Å². The van der Waals surface area contributed by atoms with E-state index >= 15 is 0 Å². The van der Waals surface area contributed by atoms with Crippen molar-refractivity contribution in [2.24, 2.45) is 28.6 Å². The van der Waals surface area contributed by atoms with E-state index in [1.165, 1.54) is 38.6 Å². The van der Waals surface area contributed by atoms with Crippen LogP contribution in [0, 0.1) is 28.6 Å². The molecule has 1 saturated heterocycles. The van der Waals surface area contributed by atoms with E-state index in [9.17, 15) is 0 Å². The van der Waals surface area contributed by atoms with Crippen molar-refractivity contribution in [3.05, 3.63) is 0 Å². The van der Waals surface area contributed by atoms with Gasteiger partial charge in [0.15, 0.2) is 0 Å². The summed E-state index contributed by atoms with van der Waals surface area (Å²) in [7, 11) is 0. The van der Waals surface area contributed by atoms with E-state index in [-0.39, 0.29) is 0 Å². The summed E-state index contributed by atoms with van der Waals surface area (Å²) in [6.07, 6.45) is 7.03. The first-order valence-electron chi connectivity index (χ1n) is 8.45. The highest BCUT2D eigenvalue weighted by Crippen LogP contribution is 2.54. The van der Waals surface area contributed by atoms with Gasteiger partial charge in [-0.05, 0) is 67.2 Å². The van der Waals surface area contributed by atoms with Crippen molar-refractivity contribution in [3.63, 3.8) is 0 Å². The predicted molar refractivity (Wildman–Crippen MR) is 84.3 cm³/mol. The quantitative estimate of drug-likeness (QED) is 0.768. The van der Waals surface area contributed by atoms with E-state index in [1.807, 2.05) is 0 Å². The predicted octanol–water partition coefficient (Wildman–Crippen LogP) is 4.86. The molecular weight excluding hydrogens is 230 g/mol. The monoisotopic (exact) mass is 265 g/mol. The summed E-state index contributed by atoms with van der Waals surface area (Å²) in [5.74, 6) is 2.61. The fourth-order valence-corrected chi connectivity index (χ4v) is 5.69. The standard InChI is InChI=1S/C18H35N/c1-13(2)9-16-15(7-8-19-16)18(6)11-14(3)10-17(4,5)12-18/h13-16,19H,7-12H2,1-6H3/t14?,15-,16-,18?/m1/s1. The van der Waals surface area contributed by atoms with Crippen LogP contribution in [0.1, 0.15) is 73.6 Å². The van der Waals surface area contributed by atoms with Gasteiger partial charge in [-0.1, -0.05) is 41.5 Å². The fraction of sp³-hybridized carbons (Fsp3) is 1.00. The average Bonchev–Trinajstić information content (AvgIpc) is 2.60. The second-order valence-corrected chi connectivity index (χ2v) is 9.09. The van der Waals surface area contributed by atoms with Gasteiger partial charge in [0.05, 0.1) is 0 Å². The van der Waals surface area contributed by atoms with Crippen LogP contribution < -0.4 is 5.32 Å². The Morgan fingerprint density at radius 3 is 2.42 bits per heavy atom. The van der Waals surface area contributed by atoms with Crippen LogP contribution in [0.3, 0.4) is 0 Å². The molecule has 2 fully saturated rings. The molecule has 4 atom stereocenters. The summed E-state index contributed by atoms with van der Waals surface area (Å²) in [5, 5.41) is 3.80. The second-order valence-electron chi connectivity index (χ2n) is 9.09. The van der Waals surface area contributed by atoms with Gasteiger partial charge in [0, 0.05) is 6.04 Å². The van der Waals surface area contributed by atoms with Gasteiger partial charge in [0.1, 0.15) is 0 Å².